The summed E-state index contributed by atoms with van der Waals surface area (Å²) in [5, 5.41) is 0. The normalized spacial score (nSPS) is 11.6. The molecule has 0 aromatic carbocycles. The second-order valence-electron chi connectivity index (χ2n) is 3.80. The number of rotatable bonds is 3. The SMILES string of the molecule is Cc1ccc(CC(C)(C)C=O)o1. The van der Waals surface area contributed by atoms with Gasteiger partial charge in [-0.2, -0.15) is 0 Å². The lowest BCUT2D eigenvalue weighted by atomic mass is 9.90. The molecular weight excluding hydrogens is 152 g/mol. The van der Waals surface area contributed by atoms with Crippen LogP contribution in [0.5, 0.6) is 0 Å². The molecule has 0 radical (unpaired) electrons. The molecule has 0 saturated heterocycles. The van der Waals surface area contributed by atoms with Crippen molar-refractivity contribution in [3.63, 3.8) is 0 Å². The lowest BCUT2D eigenvalue weighted by Gasteiger charge is -2.13. The highest BCUT2D eigenvalue weighted by Crippen LogP contribution is 2.20. The fourth-order valence-corrected chi connectivity index (χ4v) is 1.07. The fourth-order valence-electron chi connectivity index (χ4n) is 1.07. The van der Waals surface area contributed by atoms with Gasteiger partial charge in [0.25, 0.3) is 0 Å². The molecule has 1 heterocycles. The van der Waals surface area contributed by atoms with E-state index >= 15 is 0 Å². The van der Waals surface area contributed by atoms with E-state index < -0.39 is 0 Å². The van der Waals surface area contributed by atoms with Crippen LogP contribution in [0.4, 0.5) is 0 Å². The molecular formula is C10H14O2. The van der Waals surface area contributed by atoms with Gasteiger partial charge in [0.15, 0.2) is 0 Å². The van der Waals surface area contributed by atoms with Gasteiger partial charge >= 0.3 is 0 Å². The molecule has 0 amide bonds. The van der Waals surface area contributed by atoms with Crippen LogP contribution >= 0.6 is 0 Å². The van der Waals surface area contributed by atoms with Crippen molar-refractivity contribution in [1.29, 1.82) is 0 Å². The highest BCUT2D eigenvalue weighted by atomic mass is 16.3. The van der Waals surface area contributed by atoms with Crippen LogP contribution in [0.3, 0.4) is 0 Å². The Labute approximate surface area is 72.6 Å². The maximum Gasteiger partial charge on any atom is 0.126 e. The molecule has 0 saturated carbocycles. The first-order valence-corrected chi connectivity index (χ1v) is 4.05. The van der Waals surface area contributed by atoms with E-state index in [2.05, 4.69) is 0 Å². The minimum atomic E-state index is -0.315. The third-order valence-electron chi connectivity index (χ3n) is 1.74. The Hall–Kier alpha value is -1.05. The average molecular weight is 166 g/mol. The first-order valence-electron chi connectivity index (χ1n) is 4.05. The van der Waals surface area contributed by atoms with Gasteiger partial charge in [0.05, 0.1) is 0 Å². The van der Waals surface area contributed by atoms with Crippen molar-refractivity contribution in [3.05, 3.63) is 23.7 Å². The molecule has 0 aliphatic heterocycles. The maximum absolute atomic E-state index is 10.6. The van der Waals surface area contributed by atoms with Crippen LogP contribution in [0.2, 0.25) is 0 Å². The summed E-state index contributed by atoms with van der Waals surface area (Å²) >= 11 is 0. The fraction of sp³-hybridized carbons (Fsp3) is 0.500. The number of aldehydes is 1. The summed E-state index contributed by atoms with van der Waals surface area (Å²) in [6.07, 6.45) is 1.63. The van der Waals surface area contributed by atoms with E-state index in [0.29, 0.717) is 6.42 Å². The van der Waals surface area contributed by atoms with E-state index in [-0.39, 0.29) is 5.41 Å². The first-order chi connectivity index (χ1) is 5.53. The Kier molecular flexibility index (Phi) is 2.36. The molecule has 1 aromatic heterocycles. The second kappa shape index (κ2) is 3.13. The summed E-state index contributed by atoms with van der Waals surface area (Å²) in [5.41, 5.74) is -0.315. The Morgan fingerprint density at radius 1 is 1.50 bits per heavy atom. The molecule has 0 bridgehead atoms. The summed E-state index contributed by atoms with van der Waals surface area (Å²) < 4.78 is 5.36. The zero-order chi connectivity index (χ0) is 9.19. The lowest BCUT2D eigenvalue weighted by molar-refractivity contribution is -0.114. The zero-order valence-electron chi connectivity index (χ0n) is 7.76. The molecule has 0 aliphatic rings. The van der Waals surface area contributed by atoms with Gasteiger partial charge in [-0.3, -0.25) is 0 Å². The van der Waals surface area contributed by atoms with Crippen molar-refractivity contribution < 1.29 is 9.21 Å². The molecule has 66 valence electrons. The van der Waals surface area contributed by atoms with Gasteiger partial charge in [-0.15, -0.1) is 0 Å². The summed E-state index contributed by atoms with van der Waals surface area (Å²) in [6, 6.07) is 3.83. The Bertz CT molecular complexity index is 271. The van der Waals surface area contributed by atoms with Crippen LogP contribution in [0.15, 0.2) is 16.5 Å². The third kappa shape index (κ3) is 2.22. The van der Waals surface area contributed by atoms with Crippen LogP contribution in [-0.2, 0) is 11.2 Å². The molecule has 0 fully saturated rings. The number of furan rings is 1. The predicted octanol–water partition coefficient (Wildman–Crippen LogP) is 2.36. The van der Waals surface area contributed by atoms with E-state index in [1.165, 1.54) is 0 Å². The smallest absolute Gasteiger partial charge is 0.126 e. The van der Waals surface area contributed by atoms with Gasteiger partial charge in [0.1, 0.15) is 17.8 Å². The van der Waals surface area contributed by atoms with Gasteiger partial charge in [-0.25, -0.2) is 0 Å². The Morgan fingerprint density at radius 3 is 2.58 bits per heavy atom. The van der Waals surface area contributed by atoms with Crippen LogP contribution < -0.4 is 0 Å². The van der Waals surface area contributed by atoms with Crippen LogP contribution in [0.25, 0.3) is 0 Å². The molecule has 1 rings (SSSR count). The van der Waals surface area contributed by atoms with E-state index in [1.807, 2.05) is 32.9 Å². The van der Waals surface area contributed by atoms with Crippen molar-refractivity contribution in [2.75, 3.05) is 0 Å². The molecule has 0 N–H and O–H groups in total. The summed E-state index contributed by atoms with van der Waals surface area (Å²) in [4.78, 5) is 10.6. The van der Waals surface area contributed by atoms with Gasteiger partial charge < -0.3 is 9.21 Å². The summed E-state index contributed by atoms with van der Waals surface area (Å²) in [6.45, 7) is 5.70. The largest absolute Gasteiger partial charge is 0.466 e. The topological polar surface area (TPSA) is 30.2 Å². The molecule has 0 atom stereocenters. The van der Waals surface area contributed by atoms with Crippen molar-refractivity contribution in [3.8, 4) is 0 Å². The minimum absolute atomic E-state index is 0.315. The monoisotopic (exact) mass is 166 g/mol. The molecule has 0 unspecified atom stereocenters. The lowest BCUT2D eigenvalue weighted by Crippen LogP contribution is -2.15. The van der Waals surface area contributed by atoms with Gasteiger partial charge in [0, 0.05) is 11.8 Å². The van der Waals surface area contributed by atoms with Crippen molar-refractivity contribution in [2.45, 2.75) is 27.2 Å². The molecule has 0 aliphatic carbocycles. The minimum Gasteiger partial charge on any atom is -0.466 e. The highest BCUT2D eigenvalue weighted by Gasteiger charge is 2.18. The van der Waals surface area contributed by atoms with E-state index in [0.717, 1.165) is 17.8 Å². The molecule has 12 heavy (non-hydrogen) atoms. The Balaban J connectivity index is 2.69. The van der Waals surface area contributed by atoms with Crippen molar-refractivity contribution in [2.24, 2.45) is 5.41 Å². The summed E-state index contributed by atoms with van der Waals surface area (Å²) in [5.74, 6) is 1.77. The number of carbonyl (C=O) groups is 1. The van der Waals surface area contributed by atoms with Crippen LogP contribution in [0, 0.1) is 12.3 Å². The number of hydrogen-bond donors (Lipinski definition) is 0. The van der Waals surface area contributed by atoms with Gasteiger partial charge in [-0.05, 0) is 19.1 Å². The van der Waals surface area contributed by atoms with E-state index in [4.69, 9.17) is 4.42 Å². The predicted molar refractivity (Wildman–Crippen MR) is 47.0 cm³/mol. The van der Waals surface area contributed by atoms with Gasteiger partial charge in [0.2, 0.25) is 0 Å². The number of aryl methyl sites for hydroxylation is 1. The van der Waals surface area contributed by atoms with E-state index in [9.17, 15) is 4.79 Å². The van der Waals surface area contributed by atoms with Crippen LogP contribution in [-0.4, -0.2) is 6.29 Å². The van der Waals surface area contributed by atoms with Crippen LogP contribution in [0.1, 0.15) is 25.4 Å². The standard InChI is InChI=1S/C10H14O2/c1-8-4-5-9(12-8)6-10(2,3)7-11/h4-5,7H,6H2,1-3H3. The Morgan fingerprint density at radius 2 is 2.17 bits per heavy atom. The average Bonchev–Trinajstić information content (AvgIpc) is 2.35. The number of hydrogen-bond acceptors (Lipinski definition) is 2. The third-order valence-corrected chi connectivity index (χ3v) is 1.74. The molecule has 1 aromatic rings. The maximum atomic E-state index is 10.6. The van der Waals surface area contributed by atoms with Crippen molar-refractivity contribution in [1.82, 2.24) is 0 Å². The highest BCUT2D eigenvalue weighted by molar-refractivity contribution is 5.58. The van der Waals surface area contributed by atoms with Crippen molar-refractivity contribution >= 4 is 6.29 Å². The van der Waals surface area contributed by atoms with Gasteiger partial charge in [-0.1, -0.05) is 13.8 Å². The molecule has 0 spiro atoms. The summed E-state index contributed by atoms with van der Waals surface area (Å²) in [7, 11) is 0. The molecule has 2 heteroatoms. The quantitative estimate of drug-likeness (QED) is 0.645. The molecule has 2 nitrogen and oxygen atoms in total. The number of carbonyl (C=O) groups excluding carboxylic acids is 1. The first kappa shape index (κ1) is 9.04. The zero-order valence-corrected chi connectivity index (χ0v) is 7.76. The second-order valence-corrected chi connectivity index (χ2v) is 3.80. The van der Waals surface area contributed by atoms with E-state index in [1.54, 1.807) is 0 Å².